The first-order chi connectivity index (χ1) is 11.1. The zero-order valence-corrected chi connectivity index (χ0v) is 18.9. The maximum absolute atomic E-state index is 12.0. The van der Waals surface area contributed by atoms with Gasteiger partial charge in [-0.25, -0.2) is 0 Å². The number of aryl methyl sites for hydroxylation is 2. The summed E-state index contributed by atoms with van der Waals surface area (Å²) in [6.45, 7) is 11.2. The second-order valence-electron chi connectivity index (χ2n) is 7.37. The van der Waals surface area contributed by atoms with Gasteiger partial charge in [-0.05, 0) is 46.6 Å². The molecule has 25 heavy (non-hydrogen) atoms. The summed E-state index contributed by atoms with van der Waals surface area (Å²) >= 11 is 0. The van der Waals surface area contributed by atoms with Crippen molar-refractivity contribution in [1.82, 2.24) is 15.5 Å². The normalized spacial score (nSPS) is 11.6. The van der Waals surface area contributed by atoms with Crippen molar-refractivity contribution in [2.45, 2.75) is 46.6 Å². The quantitative estimate of drug-likeness (QED) is 0.404. The van der Waals surface area contributed by atoms with E-state index in [2.05, 4.69) is 47.7 Å². The van der Waals surface area contributed by atoms with Crippen LogP contribution in [0.2, 0.25) is 0 Å². The maximum Gasteiger partial charge on any atom is 0.240 e. The van der Waals surface area contributed by atoms with E-state index in [0.717, 1.165) is 18.9 Å². The van der Waals surface area contributed by atoms with E-state index in [1.807, 2.05) is 32.7 Å². The number of likely N-dealkylation sites (N-methyl/N-ethyl adjacent to an activating group) is 1. The highest BCUT2D eigenvalue weighted by Crippen LogP contribution is 2.09. The van der Waals surface area contributed by atoms with Gasteiger partial charge < -0.3 is 15.5 Å². The number of carbonyl (C=O) groups excluding carboxylic acids is 1. The molecule has 0 radical (unpaired) electrons. The second kappa shape index (κ2) is 10.6. The van der Waals surface area contributed by atoms with Crippen LogP contribution < -0.4 is 10.6 Å². The van der Waals surface area contributed by atoms with Crippen molar-refractivity contribution >= 4 is 35.8 Å². The summed E-state index contributed by atoms with van der Waals surface area (Å²) in [5.74, 6) is 0.714. The Bertz CT molecular complexity index is 573. The first-order valence-electron chi connectivity index (χ1n) is 8.40. The fraction of sp³-hybridized carbons (Fsp3) is 0.579. The van der Waals surface area contributed by atoms with E-state index in [0.29, 0.717) is 0 Å². The van der Waals surface area contributed by atoms with Crippen LogP contribution in [0.15, 0.2) is 23.2 Å². The van der Waals surface area contributed by atoms with Crippen molar-refractivity contribution in [3.05, 3.63) is 34.9 Å². The molecule has 0 unspecified atom stereocenters. The van der Waals surface area contributed by atoms with Crippen LogP contribution in [0.4, 0.5) is 0 Å². The van der Waals surface area contributed by atoms with Gasteiger partial charge in [0.2, 0.25) is 5.91 Å². The molecule has 0 aliphatic rings. The number of halogens is 1. The van der Waals surface area contributed by atoms with Gasteiger partial charge in [0.05, 0.1) is 6.54 Å². The Morgan fingerprint density at radius 1 is 1.16 bits per heavy atom. The number of guanidine groups is 1. The van der Waals surface area contributed by atoms with Gasteiger partial charge in [0.1, 0.15) is 0 Å². The first kappa shape index (κ1) is 23.7. The lowest BCUT2D eigenvalue weighted by molar-refractivity contribution is -0.122. The molecule has 0 saturated heterocycles. The Morgan fingerprint density at radius 3 is 2.20 bits per heavy atom. The number of rotatable bonds is 5. The SMILES string of the molecule is CN=C(NCCc1cc(C)cc(C)c1)N(C)CC(=O)NC(C)(C)C.I. The van der Waals surface area contributed by atoms with Crippen molar-refractivity contribution in [3.63, 3.8) is 0 Å². The number of hydrogen-bond donors (Lipinski definition) is 2. The molecular weight excluding hydrogens is 427 g/mol. The standard InChI is InChI=1S/C19H32N4O.HI/c1-14-10-15(2)12-16(11-14)8-9-21-18(20-6)23(7)13-17(24)22-19(3,4)5;/h10-12H,8-9,13H2,1-7H3,(H,20,21)(H,22,24);1H. The Kier molecular flexibility index (Phi) is 10.1. The predicted octanol–water partition coefficient (Wildman–Crippen LogP) is 2.89. The zero-order chi connectivity index (χ0) is 18.3. The van der Waals surface area contributed by atoms with E-state index >= 15 is 0 Å². The van der Waals surface area contributed by atoms with E-state index < -0.39 is 0 Å². The molecule has 0 fully saturated rings. The fourth-order valence-electron chi connectivity index (χ4n) is 2.66. The van der Waals surface area contributed by atoms with Crippen LogP contribution in [0.5, 0.6) is 0 Å². The summed E-state index contributed by atoms with van der Waals surface area (Å²) in [7, 11) is 3.60. The molecular formula is C19H33IN4O. The van der Waals surface area contributed by atoms with Gasteiger partial charge in [0, 0.05) is 26.2 Å². The minimum Gasteiger partial charge on any atom is -0.356 e. The third-order valence-electron chi connectivity index (χ3n) is 3.45. The number of nitrogens with zero attached hydrogens (tertiary/aromatic N) is 2. The predicted molar refractivity (Wildman–Crippen MR) is 117 cm³/mol. The van der Waals surface area contributed by atoms with Crippen LogP contribution in [0.3, 0.4) is 0 Å². The average Bonchev–Trinajstić information content (AvgIpc) is 2.40. The van der Waals surface area contributed by atoms with Gasteiger partial charge in [-0.1, -0.05) is 29.3 Å². The summed E-state index contributed by atoms with van der Waals surface area (Å²) in [5, 5.41) is 6.28. The molecule has 5 nitrogen and oxygen atoms in total. The minimum atomic E-state index is -0.224. The van der Waals surface area contributed by atoms with Crippen LogP contribution in [0, 0.1) is 13.8 Å². The third-order valence-corrected chi connectivity index (χ3v) is 3.45. The molecule has 0 heterocycles. The molecule has 0 aromatic heterocycles. The molecule has 0 aliphatic heterocycles. The highest BCUT2D eigenvalue weighted by atomic mass is 127. The number of benzene rings is 1. The average molecular weight is 460 g/mol. The van der Waals surface area contributed by atoms with E-state index in [4.69, 9.17) is 0 Å². The van der Waals surface area contributed by atoms with Gasteiger partial charge in [0.15, 0.2) is 5.96 Å². The van der Waals surface area contributed by atoms with Crippen LogP contribution in [0.25, 0.3) is 0 Å². The Hall–Kier alpha value is -1.31. The van der Waals surface area contributed by atoms with Crippen molar-refractivity contribution in [2.75, 3.05) is 27.2 Å². The van der Waals surface area contributed by atoms with Crippen molar-refractivity contribution in [1.29, 1.82) is 0 Å². The number of hydrogen-bond acceptors (Lipinski definition) is 2. The summed E-state index contributed by atoms with van der Waals surface area (Å²) in [4.78, 5) is 18.1. The number of amides is 1. The molecule has 0 bridgehead atoms. The van der Waals surface area contributed by atoms with E-state index in [1.165, 1.54) is 16.7 Å². The lowest BCUT2D eigenvalue weighted by atomic mass is 10.1. The van der Waals surface area contributed by atoms with Crippen LogP contribution in [-0.2, 0) is 11.2 Å². The van der Waals surface area contributed by atoms with Crippen molar-refractivity contribution < 1.29 is 4.79 Å². The molecule has 0 aliphatic carbocycles. The van der Waals surface area contributed by atoms with Gasteiger partial charge in [-0.2, -0.15) is 0 Å². The smallest absolute Gasteiger partial charge is 0.240 e. The summed E-state index contributed by atoms with van der Waals surface area (Å²) in [6, 6.07) is 6.59. The zero-order valence-electron chi connectivity index (χ0n) is 16.6. The van der Waals surface area contributed by atoms with Crippen molar-refractivity contribution in [3.8, 4) is 0 Å². The Balaban J connectivity index is 0.00000576. The Labute approximate surface area is 169 Å². The first-order valence-corrected chi connectivity index (χ1v) is 8.40. The largest absolute Gasteiger partial charge is 0.356 e. The van der Waals surface area contributed by atoms with Gasteiger partial charge >= 0.3 is 0 Å². The molecule has 0 atom stereocenters. The fourth-order valence-corrected chi connectivity index (χ4v) is 2.66. The number of aliphatic imine (C=N–C) groups is 1. The summed E-state index contributed by atoms with van der Waals surface area (Å²) < 4.78 is 0. The second-order valence-corrected chi connectivity index (χ2v) is 7.37. The van der Waals surface area contributed by atoms with Crippen LogP contribution in [-0.4, -0.2) is 49.5 Å². The van der Waals surface area contributed by atoms with Crippen molar-refractivity contribution in [2.24, 2.45) is 4.99 Å². The molecule has 2 N–H and O–H groups in total. The monoisotopic (exact) mass is 460 g/mol. The third kappa shape index (κ3) is 9.67. The molecule has 6 heteroatoms. The lowest BCUT2D eigenvalue weighted by Crippen LogP contribution is -2.49. The highest BCUT2D eigenvalue weighted by Gasteiger charge is 2.16. The number of nitrogens with one attached hydrogen (secondary N) is 2. The van der Waals surface area contributed by atoms with Gasteiger partial charge in [-0.3, -0.25) is 9.79 Å². The lowest BCUT2D eigenvalue weighted by Gasteiger charge is -2.25. The Morgan fingerprint density at radius 2 is 1.72 bits per heavy atom. The molecule has 1 aromatic carbocycles. The molecule has 0 saturated carbocycles. The molecule has 1 aromatic rings. The number of carbonyl (C=O) groups is 1. The van der Waals surface area contributed by atoms with E-state index in [9.17, 15) is 4.79 Å². The highest BCUT2D eigenvalue weighted by molar-refractivity contribution is 14.0. The maximum atomic E-state index is 12.0. The van der Waals surface area contributed by atoms with Crippen LogP contribution in [0.1, 0.15) is 37.5 Å². The topological polar surface area (TPSA) is 56.7 Å². The van der Waals surface area contributed by atoms with Crippen LogP contribution >= 0.6 is 24.0 Å². The van der Waals surface area contributed by atoms with E-state index in [-0.39, 0.29) is 42.0 Å². The summed E-state index contributed by atoms with van der Waals surface area (Å²) in [5.41, 5.74) is 3.65. The molecule has 1 amide bonds. The van der Waals surface area contributed by atoms with E-state index in [1.54, 1.807) is 7.05 Å². The van der Waals surface area contributed by atoms with Gasteiger partial charge in [0.25, 0.3) is 0 Å². The van der Waals surface area contributed by atoms with Gasteiger partial charge in [-0.15, -0.1) is 24.0 Å². The molecule has 142 valence electrons. The minimum absolute atomic E-state index is 0. The summed E-state index contributed by atoms with van der Waals surface area (Å²) in [6.07, 6.45) is 0.920. The molecule has 0 spiro atoms. The molecule has 1 rings (SSSR count).